The molecule has 0 aromatic rings. The van der Waals surface area contributed by atoms with E-state index in [9.17, 15) is 32.8 Å². The zero-order valence-electron chi connectivity index (χ0n) is 27.2. The van der Waals surface area contributed by atoms with Gasteiger partial charge in [0, 0.05) is 19.0 Å². The number of aliphatic hydroxyl groups excluding tert-OH is 2. The monoisotopic (exact) mass is 625 g/mol. The molecule has 9 nitrogen and oxygen atoms in total. The summed E-state index contributed by atoms with van der Waals surface area (Å²) in [6.45, 7) is 14.4. The lowest BCUT2D eigenvalue weighted by Crippen LogP contribution is -2.65. The highest BCUT2D eigenvalue weighted by Crippen LogP contribution is 2.74. The van der Waals surface area contributed by atoms with E-state index in [0.717, 1.165) is 44.1 Å². The Bertz CT molecular complexity index is 1220. The van der Waals surface area contributed by atoms with Gasteiger partial charge in [-0.2, -0.15) is 8.42 Å². The maximum absolute atomic E-state index is 13.8. The van der Waals surface area contributed by atoms with E-state index < -0.39 is 40.0 Å². The molecule has 0 heterocycles. The van der Waals surface area contributed by atoms with E-state index in [-0.39, 0.29) is 46.6 Å². The minimum atomic E-state index is -4.25. The zero-order valence-corrected chi connectivity index (χ0v) is 28.0. The number of carbonyl (C=O) groups excluding carboxylic acids is 2. The van der Waals surface area contributed by atoms with Crippen molar-refractivity contribution in [1.29, 1.82) is 0 Å². The van der Waals surface area contributed by atoms with Crippen molar-refractivity contribution in [2.45, 2.75) is 125 Å². The van der Waals surface area contributed by atoms with Gasteiger partial charge in [-0.25, -0.2) is 0 Å². The Kier molecular flexibility index (Phi) is 9.89. The normalized spacial score (nSPS) is 42.1. The molecule has 0 saturated heterocycles. The first-order valence-corrected chi connectivity index (χ1v) is 18.0. The summed E-state index contributed by atoms with van der Waals surface area (Å²) in [5.74, 6) is -0.718. The summed E-state index contributed by atoms with van der Waals surface area (Å²) < 4.78 is 37.9. The van der Waals surface area contributed by atoms with Crippen LogP contribution in [-0.2, 0) is 24.4 Å². The van der Waals surface area contributed by atoms with Gasteiger partial charge < -0.3 is 20.3 Å². The molecule has 0 aliphatic heterocycles. The Morgan fingerprint density at radius 1 is 1.07 bits per heavy atom. The molecule has 0 spiro atoms. The smallest absolute Gasteiger partial charge is 0.303 e. The number of carbonyl (C=O) groups is 2. The molecule has 2 unspecified atom stereocenters. The average Bonchev–Trinajstić information content (AvgIpc) is 3.14. The highest BCUT2D eigenvalue weighted by atomic mass is 32.2. The average molecular weight is 626 g/mol. The summed E-state index contributed by atoms with van der Waals surface area (Å²) >= 11 is 0. The predicted octanol–water partition coefficient (Wildman–Crippen LogP) is 4.67. The summed E-state index contributed by atoms with van der Waals surface area (Å²) in [4.78, 5) is 26.2. The predicted molar refractivity (Wildman–Crippen MR) is 164 cm³/mol. The van der Waals surface area contributed by atoms with Gasteiger partial charge in [0.25, 0.3) is 10.1 Å². The van der Waals surface area contributed by atoms with Crippen LogP contribution in [0, 0.1) is 45.8 Å². The van der Waals surface area contributed by atoms with E-state index in [1.165, 1.54) is 6.92 Å². The lowest BCUT2D eigenvalue weighted by Gasteiger charge is -2.69. The summed E-state index contributed by atoms with van der Waals surface area (Å²) in [6, 6.07) is 0. The Morgan fingerprint density at radius 3 is 2.35 bits per heavy atom. The van der Waals surface area contributed by atoms with Gasteiger partial charge in [0.1, 0.15) is 6.10 Å². The van der Waals surface area contributed by atoms with Crippen LogP contribution < -0.4 is 5.32 Å². The molecule has 10 atom stereocenters. The minimum Gasteiger partial charge on any atom is -0.458 e. The molecule has 4 N–H and O–H groups in total. The highest BCUT2D eigenvalue weighted by Gasteiger charge is 2.70. The van der Waals surface area contributed by atoms with Crippen LogP contribution in [0.3, 0.4) is 0 Å². The number of amides is 1. The van der Waals surface area contributed by atoms with Crippen LogP contribution in [0.2, 0.25) is 0 Å². The van der Waals surface area contributed by atoms with E-state index in [0.29, 0.717) is 36.7 Å². The standard InChI is InChI=1S/C33H55NO8S/c1-19(2)9-8-10-22(30(38)34-15-16-43(39,40)41)28-24-17-26(37)29-31(5)13-12-25(36)20(3)23(31)11-14-32(29,6)33(24,7)18-27(28)42-21(4)35/h19-20,23-27,29,36-37H,8-18H2,1-7H3,(H,34,38)(H,39,40,41)/b28-22+/t20-,23-,24-,25+,26?,27-,29?,31-,32-,33-/m0/s1. The number of hydrogen-bond acceptors (Lipinski definition) is 7. The highest BCUT2D eigenvalue weighted by molar-refractivity contribution is 7.85. The lowest BCUT2D eigenvalue weighted by molar-refractivity contribution is -0.234. The summed E-state index contributed by atoms with van der Waals surface area (Å²) in [7, 11) is -4.25. The summed E-state index contributed by atoms with van der Waals surface area (Å²) in [6.07, 6.45) is 4.92. The van der Waals surface area contributed by atoms with E-state index in [1.807, 2.05) is 0 Å². The molecule has 0 aromatic heterocycles. The Morgan fingerprint density at radius 2 is 1.74 bits per heavy atom. The SMILES string of the molecule is CC(=O)O[C@H]1C[C@@]2(C)[C@@H](CC(O)C3[C@]2(C)CC[C@H]2[C@H](C)[C@H](O)CC[C@]32C)/C1=C(/CCCC(C)C)C(=O)NCCS(=O)(=O)O. The van der Waals surface area contributed by atoms with Crippen molar-refractivity contribution in [3.8, 4) is 0 Å². The van der Waals surface area contributed by atoms with Crippen LogP contribution in [0.4, 0.5) is 0 Å². The zero-order chi connectivity index (χ0) is 32.1. The van der Waals surface area contributed by atoms with Crippen molar-refractivity contribution in [2.24, 2.45) is 45.8 Å². The van der Waals surface area contributed by atoms with Gasteiger partial charge in [-0.1, -0.05) is 48.0 Å². The van der Waals surface area contributed by atoms with Crippen molar-refractivity contribution >= 4 is 22.0 Å². The first-order chi connectivity index (χ1) is 19.9. The van der Waals surface area contributed by atoms with Crippen LogP contribution in [0.25, 0.3) is 0 Å². The number of rotatable bonds is 9. The van der Waals surface area contributed by atoms with Crippen LogP contribution in [-0.4, -0.2) is 65.7 Å². The molecular weight excluding hydrogens is 570 g/mol. The van der Waals surface area contributed by atoms with Crippen molar-refractivity contribution in [1.82, 2.24) is 5.32 Å². The van der Waals surface area contributed by atoms with E-state index >= 15 is 0 Å². The van der Waals surface area contributed by atoms with Crippen LogP contribution in [0.1, 0.15) is 106 Å². The van der Waals surface area contributed by atoms with Crippen molar-refractivity contribution < 1.29 is 37.5 Å². The van der Waals surface area contributed by atoms with Crippen LogP contribution in [0.5, 0.6) is 0 Å². The molecule has 4 rings (SSSR count). The van der Waals surface area contributed by atoms with Gasteiger partial charge in [-0.15, -0.1) is 0 Å². The van der Waals surface area contributed by atoms with Gasteiger partial charge in [0.05, 0.1) is 18.0 Å². The van der Waals surface area contributed by atoms with Crippen molar-refractivity contribution in [3.63, 3.8) is 0 Å². The summed E-state index contributed by atoms with van der Waals surface area (Å²) in [5, 5.41) is 25.5. The summed E-state index contributed by atoms with van der Waals surface area (Å²) in [5.41, 5.74) is 0.476. The van der Waals surface area contributed by atoms with Crippen molar-refractivity contribution in [2.75, 3.05) is 12.3 Å². The lowest BCUT2D eigenvalue weighted by atomic mass is 9.36. The van der Waals surface area contributed by atoms with Gasteiger partial charge in [0.2, 0.25) is 5.91 Å². The maximum Gasteiger partial charge on any atom is 0.303 e. The number of ether oxygens (including phenoxy) is 1. The van der Waals surface area contributed by atoms with Gasteiger partial charge in [-0.05, 0) is 103 Å². The molecule has 0 radical (unpaired) electrons. The third-order valence-corrected chi connectivity index (χ3v) is 13.2. The third-order valence-electron chi connectivity index (χ3n) is 12.5. The number of hydrogen-bond donors (Lipinski definition) is 4. The third kappa shape index (κ3) is 6.32. The fourth-order valence-corrected chi connectivity index (χ4v) is 10.7. The quantitative estimate of drug-likeness (QED) is 0.164. The Hall–Kier alpha value is -1.49. The topological polar surface area (TPSA) is 150 Å². The van der Waals surface area contributed by atoms with Gasteiger partial charge in [0.15, 0.2) is 0 Å². The molecule has 4 saturated carbocycles. The number of aliphatic hydroxyl groups is 2. The fraction of sp³-hybridized carbons (Fsp3) is 0.879. The Balaban J connectivity index is 1.80. The van der Waals surface area contributed by atoms with Crippen LogP contribution >= 0.6 is 0 Å². The largest absolute Gasteiger partial charge is 0.458 e. The van der Waals surface area contributed by atoms with E-state index in [2.05, 4.69) is 46.9 Å². The molecule has 4 aliphatic rings. The van der Waals surface area contributed by atoms with Gasteiger partial charge >= 0.3 is 5.97 Å². The van der Waals surface area contributed by atoms with E-state index in [1.54, 1.807) is 0 Å². The molecule has 43 heavy (non-hydrogen) atoms. The van der Waals surface area contributed by atoms with E-state index in [4.69, 9.17) is 4.74 Å². The molecule has 0 aromatic carbocycles. The molecular formula is C33H55NO8S. The maximum atomic E-state index is 13.8. The molecule has 0 bridgehead atoms. The molecule has 4 fully saturated rings. The fourth-order valence-electron chi connectivity index (χ4n) is 10.4. The van der Waals surface area contributed by atoms with Crippen molar-refractivity contribution in [3.05, 3.63) is 11.1 Å². The Labute approximate surface area is 258 Å². The molecule has 10 heteroatoms. The second-order valence-corrected chi connectivity index (χ2v) is 16.9. The second-order valence-electron chi connectivity index (χ2n) is 15.3. The second kappa shape index (κ2) is 12.4. The number of nitrogens with one attached hydrogen (secondary N) is 1. The first kappa shape index (κ1) is 34.4. The molecule has 4 aliphatic carbocycles. The number of fused-ring (bicyclic) bond motifs is 5. The van der Waals surface area contributed by atoms with Crippen LogP contribution in [0.15, 0.2) is 11.1 Å². The molecule has 246 valence electrons. The first-order valence-electron chi connectivity index (χ1n) is 16.4. The molecule has 1 amide bonds. The number of esters is 1. The minimum absolute atomic E-state index is 0.000237. The van der Waals surface area contributed by atoms with Gasteiger partial charge in [-0.3, -0.25) is 14.1 Å².